The first-order valence-electron chi connectivity index (χ1n) is 7.85. The van der Waals surface area contributed by atoms with Crippen molar-refractivity contribution in [1.29, 1.82) is 0 Å². The van der Waals surface area contributed by atoms with Crippen LogP contribution in [-0.4, -0.2) is 49.5 Å². The Balaban J connectivity index is 0.00000157. The fraction of sp³-hybridized carbons (Fsp3) is 0. The number of fused-ring (bicyclic) bond motifs is 8. The van der Waals surface area contributed by atoms with E-state index in [1.807, 2.05) is 42.5 Å². The van der Waals surface area contributed by atoms with E-state index in [4.69, 9.17) is 0 Å². The van der Waals surface area contributed by atoms with Crippen molar-refractivity contribution >= 4 is 75.9 Å². The molecular formula is C20H14N4Na. The molecule has 8 bridgehead atoms. The minimum absolute atomic E-state index is 0. The summed E-state index contributed by atoms with van der Waals surface area (Å²) in [4.78, 5) is 16.0. The Morgan fingerprint density at radius 2 is 0.840 bits per heavy atom. The molecule has 3 aromatic heterocycles. The van der Waals surface area contributed by atoms with Crippen molar-refractivity contribution in [2.45, 2.75) is 0 Å². The van der Waals surface area contributed by atoms with Crippen LogP contribution in [0.5, 0.6) is 0 Å². The molecule has 5 heterocycles. The van der Waals surface area contributed by atoms with Crippen LogP contribution in [-0.2, 0) is 0 Å². The molecule has 5 rings (SSSR count). The Morgan fingerprint density at radius 3 is 1.28 bits per heavy atom. The van der Waals surface area contributed by atoms with Crippen molar-refractivity contribution in [3.8, 4) is 0 Å². The summed E-state index contributed by atoms with van der Waals surface area (Å²) >= 11 is 0. The fourth-order valence-electron chi connectivity index (χ4n) is 2.94. The van der Waals surface area contributed by atoms with Crippen molar-refractivity contribution in [3.05, 3.63) is 71.3 Å². The first kappa shape index (κ1) is 16.1. The average Bonchev–Trinajstić information content (AvgIpc) is 3.32. The second-order valence-electron chi connectivity index (χ2n) is 5.91. The van der Waals surface area contributed by atoms with Crippen molar-refractivity contribution in [3.63, 3.8) is 0 Å². The molecule has 0 spiro atoms. The SMILES string of the molecule is C1=Cc2cc3ccc(cc4ccc(cc5nc(cc1n2)C=C5)[nH]4)[nH]3.[Na]. The van der Waals surface area contributed by atoms with Gasteiger partial charge in [-0.25, -0.2) is 9.97 Å². The molecule has 2 N–H and O–H groups in total. The van der Waals surface area contributed by atoms with Gasteiger partial charge in [0.1, 0.15) is 0 Å². The maximum absolute atomic E-state index is 4.62. The molecule has 2 aliphatic rings. The van der Waals surface area contributed by atoms with E-state index in [1.54, 1.807) is 0 Å². The number of hydrogen-bond acceptors (Lipinski definition) is 2. The van der Waals surface area contributed by atoms with Crippen LogP contribution in [0.2, 0.25) is 0 Å². The van der Waals surface area contributed by atoms with E-state index in [0.29, 0.717) is 0 Å². The molecular weight excluding hydrogens is 319 g/mol. The summed E-state index contributed by atoms with van der Waals surface area (Å²) in [7, 11) is 0. The first-order chi connectivity index (χ1) is 11.8. The van der Waals surface area contributed by atoms with Gasteiger partial charge in [-0.05, 0) is 72.8 Å². The van der Waals surface area contributed by atoms with Crippen molar-refractivity contribution < 1.29 is 0 Å². The molecule has 0 amide bonds. The number of H-pyrrole nitrogens is 2. The van der Waals surface area contributed by atoms with Gasteiger partial charge in [0.05, 0.1) is 22.8 Å². The van der Waals surface area contributed by atoms with E-state index < -0.39 is 0 Å². The third kappa shape index (κ3) is 3.37. The summed E-state index contributed by atoms with van der Waals surface area (Å²) in [5.41, 5.74) is 7.86. The molecule has 1 radical (unpaired) electrons. The summed E-state index contributed by atoms with van der Waals surface area (Å²) < 4.78 is 0. The van der Waals surface area contributed by atoms with Gasteiger partial charge in [-0.15, -0.1) is 0 Å². The molecule has 0 saturated heterocycles. The molecule has 0 unspecified atom stereocenters. The van der Waals surface area contributed by atoms with Gasteiger partial charge < -0.3 is 9.97 Å². The van der Waals surface area contributed by atoms with E-state index in [1.165, 1.54) is 0 Å². The topological polar surface area (TPSA) is 57.4 Å². The zero-order valence-corrected chi connectivity index (χ0v) is 15.8. The van der Waals surface area contributed by atoms with Crippen LogP contribution in [0.25, 0.3) is 46.4 Å². The Kier molecular flexibility index (Phi) is 4.17. The van der Waals surface area contributed by atoms with Crippen LogP contribution in [0.1, 0.15) is 22.8 Å². The predicted molar refractivity (Wildman–Crippen MR) is 105 cm³/mol. The number of nitrogens with one attached hydrogen (secondary N) is 2. The fourth-order valence-corrected chi connectivity index (χ4v) is 2.94. The predicted octanol–water partition coefficient (Wildman–Crippen LogP) is 4.27. The van der Waals surface area contributed by atoms with E-state index in [2.05, 4.69) is 50.3 Å². The molecule has 115 valence electrons. The van der Waals surface area contributed by atoms with Crippen LogP contribution in [0.15, 0.2) is 48.5 Å². The van der Waals surface area contributed by atoms with E-state index in [-0.39, 0.29) is 29.6 Å². The van der Waals surface area contributed by atoms with Crippen molar-refractivity contribution in [1.82, 2.24) is 19.9 Å². The Hall–Kier alpha value is -2.40. The molecule has 0 saturated carbocycles. The second-order valence-corrected chi connectivity index (χ2v) is 5.91. The van der Waals surface area contributed by atoms with E-state index >= 15 is 0 Å². The summed E-state index contributed by atoms with van der Waals surface area (Å²) in [6.07, 6.45) is 8.05. The van der Waals surface area contributed by atoms with Gasteiger partial charge in [0.25, 0.3) is 0 Å². The van der Waals surface area contributed by atoms with Crippen molar-refractivity contribution in [2.75, 3.05) is 0 Å². The largest absolute Gasteiger partial charge is 0.355 e. The summed E-state index contributed by atoms with van der Waals surface area (Å²) in [5.74, 6) is 0. The normalized spacial score (nSPS) is 12.2. The summed E-state index contributed by atoms with van der Waals surface area (Å²) in [5, 5.41) is 0. The molecule has 0 fully saturated rings. The van der Waals surface area contributed by atoms with Gasteiger partial charge in [0.15, 0.2) is 0 Å². The number of rotatable bonds is 0. The average molecular weight is 333 g/mol. The van der Waals surface area contributed by atoms with Gasteiger partial charge in [0, 0.05) is 51.6 Å². The maximum Gasteiger partial charge on any atom is 0.0659 e. The summed E-state index contributed by atoms with van der Waals surface area (Å²) in [6.45, 7) is 0. The molecule has 0 aliphatic carbocycles. The Morgan fingerprint density at radius 1 is 0.480 bits per heavy atom. The van der Waals surface area contributed by atoms with Gasteiger partial charge in [0.2, 0.25) is 0 Å². The van der Waals surface area contributed by atoms with Crippen LogP contribution in [0.3, 0.4) is 0 Å². The number of hydrogen-bond donors (Lipinski definition) is 2. The van der Waals surface area contributed by atoms with Crippen LogP contribution < -0.4 is 0 Å². The first-order valence-corrected chi connectivity index (χ1v) is 7.85. The third-order valence-electron chi connectivity index (χ3n) is 4.04. The van der Waals surface area contributed by atoms with Gasteiger partial charge in [-0.1, -0.05) is 0 Å². The standard InChI is InChI=1S/C20H14N4.Na/c1-2-14-10-16-5-6-18(23-16)12-20-8-7-19(24-20)11-17-4-3-15(22-17)9-13(1)21-14;/h1-12,21-22H;. The quantitative estimate of drug-likeness (QED) is 0.416. The minimum atomic E-state index is 0. The molecule has 2 aliphatic heterocycles. The monoisotopic (exact) mass is 333 g/mol. The Bertz CT molecular complexity index is 1080. The number of aromatic amines is 2. The van der Waals surface area contributed by atoms with Gasteiger partial charge in [-0.3, -0.25) is 0 Å². The minimum Gasteiger partial charge on any atom is -0.355 e. The molecule has 3 aromatic rings. The third-order valence-corrected chi connectivity index (χ3v) is 4.04. The van der Waals surface area contributed by atoms with Crippen LogP contribution in [0.4, 0.5) is 0 Å². The number of nitrogens with zero attached hydrogens (tertiary/aromatic N) is 2. The molecule has 0 aromatic carbocycles. The maximum atomic E-state index is 4.62. The summed E-state index contributed by atoms with van der Waals surface area (Å²) in [6, 6.07) is 16.4. The van der Waals surface area contributed by atoms with Crippen LogP contribution >= 0.6 is 0 Å². The zero-order chi connectivity index (χ0) is 15.9. The molecule has 0 atom stereocenters. The van der Waals surface area contributed by atoms with E-state index in [9.17, 15) is 0 Å². The van der Waals surface area contributed by atoms with Gasteiger partial charge in [-0.2, -0.15) is 0 Å². The molecule has 25 heavy (non-hydrogen) atoms. The van der Waals surface area contributed by atoms with E-state index in [0.717, 1.165) is 44.8 Å². The zero-order valence-electron chi connectivity index (χ0n) is 13.8. The molecule has 5 heteroatoms. The van der Waals surface area contributed by atoms with Crippen molar-refractivity contribution in [2.24, 2.45) is 0 Å². The second kappa shape index (κ2) is 6.48. The molecule has 4 nitrogen and oxygen atoms in total. The number of aromatic nitrogens is 4. The van der Waals surface area contributed by atoms with Gasteiger partial charge >= 0.3 is 0 Å². The van der Waals surface area contributed by atoms with Crippen LogP contribution in [0, 0.1) is 0 Å². The smallest absolute Gasteiger partial charge is 0.0659 e. The Labute approximate surface area is 166 Å².